The number of likely N-dealkylation sites (tertiary alicyclic amines) is 1. The molecule has 0 saturated carbocycles. The molecule has 1 heterocycles. The van der Waals surface area contributed by atoms with Gasteiger partial charge in [-0.25, -0.2) is 0 Å². The van der Waals surface area contributed by atoms with E-state index in [0.717, 1.165) is 24.0 Å². The summed E-state index contributed by atoms with van der Waals surface area (Å²) in [5.41, 5.74) is 2.74. The summed E-state index contributed by atoms with van der Waals surface area (Å²) in [7, 11) is 0. The smallest absolute Gasteiger partial charge is 0.260 e. The van der Waals surface area contributed by atoms with Crippen molar-refractivity contribution in [2.24, 2.45) is 0 Å². The number of carbonyl (C=O) groups is 1. The van der Waals surface area contributed by atoms with Gasteiger partial charge in [0.25, 0.3) is 5.91 Å². The number of benzene rings is 2. The van der Waals surface area contributed by atoms with Gasteiger partial charge in [0, 0.05) is 12.1 Å². The number of piperidine rings is 1. The van der Waals surface area contributed by atoms with E-state index in [1.165, 1.54) is 6.42 Å². The predicted octanol–water partition coefficient (Wildman–Crippen LogP) is 4.39. The Balaban J connectivity index is 1.60. The van der Waals surface area contributed by atoms with Crippen LogP contribution in [0.5, 0.6) is 5.75 Å². The van der Waals surface area contributed by atoms with E-state index in [1.807, 2.05) is 41.3 Å². The maximum atomic E-state index is 12.5. The second kappa shape index (κ2) is 8.05. The van der Waals surface area contributed by atoms with E-state index in [9.17, 15) is 4.79 Å². The molecule has 0 spiro atoms. The van der Waals surface area contributed by atoms with Gasteiger partial charge in [-0.2, -0.15) is 5.26 Å². The van der Waals surface area contributed by atoms with Gasteiger partial charge in [-0.05, 0) is 68.5 Å². The lowest BCUT2D eigenvalue weighted by atomic mass is 9.97. The highest BCUT2D eigenvalue weighted by Crippen LogP contribution is 2.24. The van der Waals surface area contributed by atoms with Crippen molar-refractivity contribution in [2.45, 2.75) is 45.2 Å². The van der Waals surface area contributed by atoms with E-state index in [2.05, 4.69) is 19.9 Å². The van der Waals surface area contributed by atoms with E-state index in [-0.39, 0.29) is 24.6 Å². The van der Waals surface area contributed by atoms with Crippen LogP contribution in [0.1, 0.15) is 38.7 Å². The molecule has 0 radical (unpaired) electrons. The van der Waals surface area contributed by atoms with E-state index in [0.29, 0.717) is 11.3 Å². The Kier molecular flexibility index (Phi) is 5.58. The van der Waals surface area contributed by atoms with Crippen molar-refractivity contribution in [3.8, 4) is 22.9 Å². The monoisotopic (exact) mass is 348 g/mol. The minimum Gasteiger partial charge on any atom is -0.484 e. The topological polar surface area (TPSA) is 53.3 Å². The van der Waals surface area contributed by atoms with Gasteiger partial charge < -0.3 is 9.64 Å². The molecule has 2 atom stereocenters. The Morgan fingerprint density at radius 2 is 1.58 bits per heavy atom. The van der Waals surface area contributed by atoms with Crippen LogP contribution in [-0.4, -0.2) is 29.5 Å². The maximum Gasteiger partial charge on any atom is 0.260 e. The number of carbonyl (C=O) groups excluding carboxylic acids is 1. The molecule has 0 aliphatic carbocycles. The van der Waals surface area contributed by atoms with Gasteiger partial charge in [-0.3, -0.25) is 4.79 Å². The van der Waals surface area contributed by atoms with Gasteiger partial charge in [0.1, 0.15) is 5.75 Å². The summed E-state index contributed by atoms with van der Waals surface area (Å²) in [5, 5.41) is 8.87. The van der Waals surface area contributed by atoms with Gasteiger partial charge in [-0.1, -0.05) is 24.3 Å². The molecule has 3 rings (SSSR count). The van der Waals surface area contributed by atoms with E-state index < -0.39 is 0 Å². The van der Waals surface area contributed by atoms with Crippen LogP contribution >= 0.6 is 0 Å². The normalized spacial score (nSPS) is 19.7. The maximum absolute atomic E-state index is 12.5. The molecule has 0 bridgehead atoms. The first kappa shape index (κ1) is 18.0. The molecule has 4 heteroatoms. The molecule has 2 aromatic rings. The molecule has 1 aliphatic rings. The van der Waals surface area contributed by atoms with E-state index >= 15 is 0 Å². The van der Waals surface area contributed by atoms with Crippen LogP contribution in [0.25, 0.3) is 11.1 Å². The largest absolute Gasteiger partial charge is 0.484 e. The molecule has 0 unspecified atom stereocenters. The summed E-state index contributed by atoms with van der Waals surface area (Å²) >= 11 is 0. The van der Waals surface area contributed by atoms with Gasteiger partial charge in [0.15, 0.2) is 6.61 Å². The summed E-state index contributed by atoms with van der Waals surface area (Å²) in [5.74, 6) is 0.744. The SMILES string of the molecule is C[C@H]1CCC[C@H](C)N1C(=O)COc1ccc(-c2ccc(C#N)cc2)cc1. The number of rotatable bonds is 4. The van der Waals surface area contributed by atoms with Crippen molar-refractivity contribution in [3.05, 3.63) is 54.1 Å². The lowest BCUT2D eigenvalue weighted by Gasteiger charge is -2.38. The summed E-state index contributed by atoms with van der Waals surface area (Å²) in [6, 6.07) is 17.8. The first-order chi connectivity index (χ1) is 12.6. The van der Waals surface area contributed by atoms with Crippen LogP contribution in [0, 0.1) is 11.3 Å². The van der Waals surface area contributed by atoms with Crippen molar-refractivity contribution in [2.75, 3.05) is 6.61 Å². The quantitative estimate of drug-likeness (QED) is 0.823. The predicted molar refractivity (Wildman–Crippen MR) is 102 cm³/mol. The molecule has 26 heavy (non-hydrogen) atoms. The number of hydrogen-bond acceptors (Lipinski definition) is 3. The number of ether oxygens (including phenoxy) is 1. The first-order valence-electron chi connectivity index (χ1n) is 9.13. The third kappa shape index (κ3) is 4.05. The van der Waals surface area contributed by atoms with Gasteiger partial charge >= 0.3 is 0 Å². The molecular weight excluding hydrogens is 324 g/mol. The third-order valence-corrected chi connectivity index (χ3v) is 5.05. The second-order valence-electron chi connectivity index (χ2n) is 6.93. The number of amides is 1. The highest BCUT2D eigenvalue weighted by molar-refractivity contribution is 5.78. The highest BCUT2D eigenvalue weighted by Gasteiger charge is 2.28. The Morgan fingerprint density at radius 3 is 2.12 bits per heavy atom. The van der Waals surface area contributed by atoms with Crippen molar-refractivity contribution in [1.29, 1.82) is 5.26 Å². The van der Waals surface area contributed by atoms with Crippen molar-refractivity contribution >= 4 is 5.91 Å². The molecular formula is C22H24N2O2. The molecule has 1 saturated heterocycles. The first-order valence-corrected chi connectivity index (χ1v) is 9.13. The van der Waals surface area contributed by atoms with Crippen molar-refractivity contribution in [3.63, 3.8) is 0 Å². The van der Waals surface area contributed by atoms with E-state index in [4.69, 9.17) is 10.00 Å². The fraction of sp³-hybridized carbons (Fsp3) is 0.364. The van der Waals surface area contributed by atoms with Crippen LogP contribution < -0.4 is 4.74 Å². The second-order valence-corrected chi connectivity index (χ2v) is 6.93. The molecule has 4 nitrogen and oxygen atoms in total. The minimum atomic E-state index is 0.0564. The zero-order valence-electron chi connectivity index (χ0n) is 15.3. The lowest BCUT2D eigenvalue weighted by molar-refractivity contribution is -0.139. The van der Waals surface area contributed by atoms with E-state index in [1.54, 1.807) is 12.1 Å². The van der Waals surface area contributed by atoms with Crippen LogP contribution in [0.3, 0.4) is 0 Å². The standard InChI is InChI=1S/C22H24N2O2/c1-16-4-3-5-17(2)24(16)22(25)15-26-21-12-10-20(11-13-21)19-8-6-18(14-23)7-9-19/h6-13,16-17H,3-5,15H2,1-2H3/t16-,17-/m0/s1. The average molecular weight is 348 g/mol. The zero-order chi connectivity index (χ0) is 18.5. The minimum absolute atomic E-state index is 0.0564. The summed E-state index contributed by atoms with van der Waals surface area (Å²) in [4.78, 5) is 14.5. The highest BCUT2D eigenvalue weighted by atomic mass is 16.5. The summed E-state index contributed by atoms with van der Waals surface area (Å²) in [6.45, 7) is 4.30. The number of nitriles is 1. The lowest BCUT2D eigenvalue weighted by Crippen LogP contribution is -2.49. The molecule has 134 valence electrons. The fourth-order valence-corrected chi connectivity index (χ4v) is 3.61. The Labute approximate surface area is 155 Å². The molecule has 1 fully saturated rings. The molecule has 1 amide bonds. The average Bonchev–Trinajstić information content (AvgIpc) is 2.67. The molecule has 0 aromatic heterocycles. The van der Waals surface area contributed by atoms with Gasteiger partial charge in [0.05, 0.1) is 11.6 Å². The zero-order valence-corrected chi connectivity index (χ0v) is 15.3. The fourth-order valence-electron chi connectivity index (χ4n) is 3.61. The molecule has 2 aromatic carbocycles. The van der Waals surface area contributed by atoms with Gasteiger partial charge in [-0.15, -0.1) is 0 Å². The third-order valence-electron chi connectivity index (χ3n) is 5.05. The van der Waals surface area contributed by atoms with Crippen LogP contribution in [0.15, 0.2) is 48.5 Å². The van der Waals surface area contributed by atoms with Crippen LogP contribution in [-0.2, 0) is 4.79 Å². The van der Waals surface area contributed by atoms with Crippen molar-refractivity contribution in [1.82, 2.24) is 4.90 Å². The van der Waals surface area contributed by atoms with Crippen LogP contribution in [0.4, 0.5) is 0 Å². The Hall–Kier alpha value is -2.80. The Morgan fingerprint density at radius 1 is 1.04 bits per heavy atom. The number of hydrogen-bond donors (Lipinski definition) is 0. The summed E-state index contributed by atoms with van der Waals surface area (Å²) < 4.78 is 5.71. The van der Waals surface area contributed by atoms with Gasteiger partial charge in [0.2, 0.25) is 0 Å². The number of nitrogens with zero attached hydrogens (tertiary/aromatic N) is 2. The Bertz CT molecular complexity index is 780. The van der Waals surface area contributed by atoms with Crippen LogP contribution in [0.2, 0.25) is 0 Å². The molecule has 0 N–H and O–H groups in total. The molecule has 1 aliphatic heterocycles. The van der Waals surface area contributed by atoms with Crippen molar-refractivity contribution < 1.29 is 9.53 Å². The summed E-state index contributed by atoms with van der Waals surface area (Å²) in [6.07, 6.45) is 3.31.